The number of aliphatic carboxylic acids is 1. The topological polar surface area (TPSA) is 90.9 Å². The van der Waals surface area contributed by atoms with Gasteiger partial charge in [-0.15, -0.1) is 0 Å². The number of carboxylic acid groups (broad SMARTS) is 1. The van der Waals surface area contributed by atoms with Gasteiger partial charge in [0.25, 0.3) is 0 Å². The molecule has 2 unspecified atom stereocenters. The monoisotopic (exact) mass is 287 g/mol. The van der Waals surface area contributed by atoms with Crippen LogP contribution in [0.3, 0.4) is 0 Å². The molecule has 20 heavy (non-hydrogen) atoms. The molecule has 7 heteroatoms. The van der Waals surface area contributed by atoms with E-state index in [9.17, 15) is 9.59 Å². The number of hydrogen-bond acceptors (Lipinski definition) is 4. The molecule has 1 heterocycles. The third kappa shape index (κ3) is 5.34. The average molecular weight is 287 g/mol. The van der Waals surface area contributed by atoms with Gasteiger partial charge in [-0.1, -0.05) is 6.92 Å². The van der Waals surface area contributed by atoms with Crippen LogP contribution in [-0.2, 0) is 9.53 Å². The number of carboxylic acids is 1. The van der Waals surface area contributed by atoms with Crippen molar-refractivity contribution < 1.29 is 19.4 Å². The quantitative estimate of drug-likeness (QED) is 0.596. The van der Waals surface area contributed by atoms with E-state index in [-0.39, 0.29) is 6.42 Å². The number of ether oxygens (including phenoxy) is 1. The average Bonchev–Trinajstić information content (AvgIpc) is 2.88. The molecule has 0 saturated carbocycles. The number of nitrogens with zero attached hydrogens (tertiary/aromatic N) is 1. The Labute approximate surface area is 119 Å². The first-order chi connectivity index (χ1) is 9.58. The van der Waals surface area contributed by atoms with E-state index in [1.807, 2.05) is 0 Å². The minimum Gasteiger partial charge on any atom is -0.480 e. The van der Waals surface area contributed by atoms with Crippen molar-refractivity contribution in [3.05, 3.63) is 0 Å². The molecule has 3 N–H and O–H groups in total. The number of likely N-dealkylation sites (tertiary alicyclic amines) is 1. The lowest BCUT2D eigenvalue weighted by Gasteiger charge is -2.23. The Hall–Kier alpha value is -1.34. The molecule has 0 aromatic carbocycles. The fourth-order valence-corrected chi connectivity index (χ4v) is 2.46. The van der Waals surface area contributed by atoms with Gasteiger partial charge in [0.2, 0.25) is 0 Å². The predicted octanol–water partition coefficient (Wildman–Crippen LogP) is 0.260. The number of nitrogens with one attached hydrogen (secondary N) is 2. The fourth-order valence-electron chi connectivity index (χ4n) is 2.46. The van der Waals surface area contributed by atoms with Gasteiger partial charge >= 0.3 is 12.0 Å². The van der Waals surface area contributed by atoms with Crippen LogP contribution in [0, 0.1) is 0 Å². The van der Waals surface area contributed by atoms with Crippen molar-refractivity contribution in [2.75, 3.05) is 33.4 Å². The summed E-state index contributed by atoms with van der Waals surface area (Å²) in [5.74, 6) is -1.05. The van der Waals surface area contributed by atoms with E-state index in [1.54, 1.807) is 0 Å². The van der Waals surface area contributed by atoms with E-state index in [4.69, 9.17) is 9.84 Å². The Balaban J connectivity index is 2.32. The van der Waals surface area contributed by atoms with Crippen LogP contribution in [0.2, 0.25) is 0 Å². The normalized spacial score (nSPS) is 20.6. The Morgan fingerprint density at radius 3 is 2.85 bits per heavy atom. The molecular formula is C13H25N3O4. The molecule has 116 valence electrons. The van der Waals surface area contributed by atoms with E-state index in [0.29, 0.717) is 19.2 Å². The van der Waals surface area contributed by atoms with Crippen LogP contribution < -0.4 is 10.6 Å². The summed E-state index contributed by atoms with van der Waals surface area (Å²) in [7, 11) is 1.50. The van der Waals surface area contributed by atoms with Crippen LogP contribution in [-0.4, -0.2) is 67.4 Å². The highest BCUT2D eigenvalue weighted by Gasteiger charge is 2.24. The van der Waals surface area contributed by atoms with Crippen molar-refractivity contribution in [1.29, 1.82) is 0 Å². The number of carbonyl (C=O) groups is 2. The highest BCUT2D eigenvalue weighted by molar-refractivity contribution is 5.82. The highest BCUT2D eigenvalue weighted by atomic mass is 16.5. The van der Waals surface area contributed by atoms with Crippen molar-refractivity contribution in [3.8, 4) is 0 Å². The molecule has 0 aliphatic carbocycles. The van der Waals surface area contributed by atoms with Crippen LogP contribution >= 0.6 is 0 Å². The molecule has 1 rings (SSSR count). The lowest BCUT2D eigenvalue weighted by molar-refractivity contribution is -0.139. The van der Waals surface area contributed by atoms with E-state index < -0.39 is 18.0 Å². The molecule has 1 saturated heterocycles. The lowest BCUT2D eigenvalue weighted by atomic mass is 10.2. The summed E-state index contributed by atoms with van der Waals surface area (Å²) in [5, 5.41) is 14.2. The largest absolute Gasteiger partial charge is 0.480 e. The van der Waals surface area contributed by atoms with Crippen LogP contribution in [0.15, 0.2) is 0 Å². The van der Waals surface area contributed by atoms with Crippen LogP contribution in [0.25, 0.3) is 0 Å². The van der Waals surface area contributed by atoms with Gasteiger partial charge in [-0.25, -0.2) is 9.59 Å². The third-order valence-electron chi connectivity index (χ3n) is 3.62. The minimum atomic E-state index is -1.05. The van der Waals surface area contributed by atoms with Gasteiger partial charge in [0.05, 0.1) is 0 Å². The maximum atomic E-state index is 11.7. The summed E-state index contributed by atoms with van der Waals surface area (Å²) in [4.78, 5) is 25.0. The Morgan fingerprint density at radius 2 is 2.25 bits per heavy atom. The summed E-state index contributed by atoms with van der Waals surface area (Å²) in [6.45, 7) is 4.99. The predicted molar refractivity (Wildman–Crippen MR) is 74.7 cm³/mol. The van der Waals surface area contributed by atoms with Crippen molar-refractivity contribution in [2.24, 2.45) is 0 Å². The number of hydrogen-bond donors (Lipinski definition) is 3. The minimum absolute atomic E-state index is 0.254. The molecule has 2 atom stereocenters. The van der Waals surface area contributed by atoms with Crippen molar-refractivity contribution in [1.82, 2.24) is 15.5 Å². The number of urea groups is 1. The molecule has 1 fully saturated rings. The lowest BCUT2D eigenvalue weighted by Crippen LogP contribution is -2.49. The molecule has 0 aromatic heterocycles. The summed E-state index contributed by atoms with van der Waals surface area (Å²) >= 11 is 0. The van der Waals surface area contributed by atoms with Gasteiger partial charge in [-0.05, 0) is 25.9 Å². The van der Waals surface area contributed by atoms with Gasteiger partial charge in [0.1, 0.15) is 6.04 Å². The Bertz CT molecular complexity index is 325. The standard InChI is InChI=1S/C13H25N3O4/c1-3-16-7-4-5-10(16)9-14-13(19)15-11(12(17)18)6-8-20-2/h10-11H,3-9H2,1-2H3,(H,17,18)(H2,14,15,19). The zero-order valence-corrected chi connectivity index (χ0v) is 12.2. The summed E-state index contributed by atoms with van der Waals surface area (Å²) < 4.78 is 4.83. The summed E-state index contributed by atoms with van der Waals surface area (Å²) in [6, 6.07) is -0.995. The van der Waals surface area contributed by atoms with Crippen LogP contribution in [0.4, 0.5) is 4.79 Å². The van der Waals surface area contributed by atoms with E-state index in [0.717, 1.165) is 25.9 Å². The van der Waals surface area contributed by atoms with Crippen molar-refractivity contribution in [2.45, 2.75) is 38.3 Å². The maximum Gasteiger partial charge on any atom is 0.326 e. The smallest absolute Gasteiger partial charge is 0.326 e. The molecule has 2 amide bonds. The third-order valence-corrected chi connectivity index (χ3v) is 3.62. The second kappa shape index (κ2) is 8.76. The molecular weight excluding hydrogens is 262 g/mol. The number of carbonyl (C=O) groups excluding carboxylic acids is 1. The zero-order valence-electron chi connectivity index (χ0n) is 12.2. The first-order valence-corrected chi connectivity index (χ1v) is 7.08. The van der Waals surface area contributed by atoms with Gasteiger partial charge in [0, 0.05) is 32.7 Å². The second-order valence-electron chi connectivity index (χ2n) is 4.95. The number of likely N-dealkylation sites (N-methyl/N-ethyl adjacent to an activating group) is 1. The van der Waals surface area contributed by atoms with Gasteiger partial charge < -0.3 is 20.5 Å². The van der Waals surface area contributed by atoms with E-state index in [1.165, 1.54) is 7.11 Å². The molecule has 1 aliphatic rings. The first-order valence-electron chi connectivity index (χ1n) is 7.08. The zero-order chi connectivity index (χ0) is 15.0. The highest BCUT2D eigenvalue weighted by Crippen LogP contribution is 2.15. The molecule has 0 radical (unpaired) electrons. The SMILES string of the molecule is CCN1CCCC1CNC(=O)NC(CCOC)C(=O)O. The summed E-state index contributed by atoms with van der Waals surface area (Å²) in [6.07, 6.45) is 2.47. The molecule has 0 aromatic rings. The maximum absolute atomic E-state index is 11.7. The molecule has 0 bridgehead atoms. The van der Waals surface area contributed by atoms with Crippen molar-refractivity contribution >= 4 is 12.0 Å². The number of rotatable bonds is 8. The Kier molecular flexibility index (Phi) is 7.32. The molecule has 1 aliphatic heterocycles. The fraction of sp³-hybridized carbons (Fsp3) is 0.846. The summed E-state index contributed by atoms with van der Waals surface area (Å²) in [5.41, 5.74) is 0. The van der Waals surface area contributed by atoms with E-state index >= 15 is 0 Å². The van der Waals surface area contributed by atoms with Crippen LogP contribution in [0.1, 0.15) is 26.2 Å². The van der Waals surface area contributed by atoms with E-state index in [2.05, 4.69) is 22.5 Å². The number of methoxy groups -OCH3 is 1. The first kappa shape index (κ1) is 16.7. The second-order valence-corrected chi connectivity index (χ2v) is 4.95. The van der Waals surface area contributed by atoms with Crippen LogP contribution in [0.5, 0.6) is 0 Å². The van der Waals surface area contributed by atoms with Gasteiger partial charge in [0.15, 0.2) is 0 Å². The van der Waals surface area contributed by atoms with Gasteiger partial charge in [-0.2, -0.15) is 0 Å². The molecule has 0 spiro atoms. The van der Waals surface area contributed by atoms with Gasteiger partial charge in [-0.3, -0.25) is 4.90 Å². The number of amides is 2. The molecule has 7 nitrogen and oxygen atoms in total. The van der Waals surface area contributed by atoms with Crippen molar-refractivity contribution in [3.63, 3.8) is 0 Å². The Morgan fingerprint density at radius 1 is 1.50 bits per heavy atom.